The molecule has 2 saturated heterocycles. The van der Waals surface area contributed by atoms with Gasteiger partial charge in [-0.2, -0.15) is 0 Å². The first kappa shape index (κ1) is 16.9. The predicted octanol–water partition coefficient (Wildman–Crippen LogP) is 2.71. The van der Waals surface area contributed by atoms with E-state index in [9.17, 15) is 9.90 Å². The number of benzene rings is 1. The fourth-order valence-corrected chi connectivity index (χ4v) is 4.74. The SMILES string of the molecule is O=C(O)C1(C2CCN(Cc3ccc4c(c3)OCC4)CC2)CCOCC1. The first-order chi connectivity index (χ1) is 12.2. The number of carbonyl (C=O) groups is 1. The summed E-state index contributed by atoms with van der Waals surface area (Å²) in [4.78, 5) is 14.4. The quantitative estimate of drug-likeness (QED) is 0.909. The predicted molar refractivity (Wildman–Crippen MR) is 93.8 cm³/mol. The molecule has 3 heterocycles. The molecule has 0 amide bonds. The zero-order valence-electron chi connectivity index (χ0n) is 14.7. The third-order valence-corrected chi connectivity index (χ3v) is 6.35. The van der Waals surface area contributed by atoms with Gasteiger partial charge in [0.2, 0.25) is 0 Å². The van der Waals surface area contributed by atoms with Gasteiger partial charge in [0, 0.05) is 26.2 Å². The second-order valence-corrected chi connectivity index (χ2v) is 7.66. The van der Waals surface area contributed by atoms with Gasteiger partial charge in [-0.15, -0.1) is 0 Å². The van der Waals surface area contributed by atoms with E-state index in [4.69, 9.17) is 9.47 Å². The van der Waals surface area contributed by atoms with Gasteiger partial charge in [0.05, 0.1) is 12.0 Å². The number of aliphatic carboxylic acids is 1. The van der Waals surface area contributed by atoms with Gasteiger partial charge in [0.15, 0.2) is 0 Å². The molecule has 25 heavy (non-hydrogen) atoms. The summed E-state index contributed by atoms with van der Waals surface area (Å²) in [7, 11) is 0. The molecule has 0 radical (unpaired) electrons. The molecule has 0 unspecified atom stereocenters. The van der Waals surface area contributed by atoms with Crippen LogP contribution in [0.25, 0.3) is 0 Å². The summed E-state index contributed by atoms with van der Waals surface area (Å²) in [5.41, 5.74) is 2.04. The van der Waals surface area contributed by atoms with Crippen LogP contribution in [0.15, 0.2) is 18.2 Å². The number of fused-ring (bicyclic) bond motifs is 1. The molecule has 5 heteroatoms. The molecule has 1 aromatic rings. The molecule has 3 aliphatic heterocycles. The highest BCUT2D eigenvalue weighted by Crippen LogP contribution is 2.44. The van der Waals surface area contributed by atoms with Gasteiger partial charge in [0.1, 0.15) is 5.75 Å². The molecule has 5 nitrogen and oxygen atoms in total. The fraction of sp³-hybridized carbons (Fsp3) is 0.650. The van der Waals surface area contributed by atoms with Crippen molar-refractivity contribution in [2.75, 3.05) is 32.9 Å². The second kappa shape index (κ2) is 6.96. The number of rotatable bonds is 4. The molecule has 3 aliphatic rings. The molecule has 2 fully saturated rings. The van der Waals surface area contributed by atoms with Crippen molar-refractivity contribution < 1.29 is 19.4 Å². The Morgan fingerprint density at radius 2 is 1.96 bits per heavy atom. The van der Waals surface area contributed by atoms with Gasteiger partial charge >= 0.3 is 5.97 Å². The molecule has 0 saturated carbocycles. The van der Waals surface area contributed by atoms with Crippen LogP contribution >= 0.6 is 0 Å². The number of piperidine rings is 1. The molecule has 4 rings (SSSR count). The summed E-state index contributed by atoms with van der Waals surface area (Å²) in [5.74, 6) is 0.693. The lowest BCUT2D eigenvalue weighted by atomic mass is 9.66. The maximum atomic E-state index is 12.0. The Labute approximate surface area is 148 Å². The van der Waals surface area contributed by atoms with E-state index in [-0.39, 0.29) is 5.92 Å². The Hall–Kier alpha value is -1.59. The summed E-state index contributed by atoms with van der Waals surface area (Å²) in [5, 5.41) is 9.85. The van der Waals surface area contributed by atoms with Gasteiger partial charge in [-0.1, -0.05) is 12.1 Å². The van der Waals surface area contributed by atoms with E-state index in [1.807, 2.05) is 0 Å². The smallest absolute Gasteiger partial charge is 0.310 e. The number of likely N-dealkylation sites (tertiary alicyclic amines) is 1. The highest BCUT2D eigenvalue weighted by Gasteiger charge is 2.47. The molecule has 1 N–H and O–H groups in total. The third kappa shape index (κ3) is 3.27. The van der Waals surface area contributed by atoms with Gasteiger partial charge in [-0.3, -0.25) is 9.69 Å². The summed E-state index contributed by atoms with van der Waals surface area (Å²) in [6.07, 6.45) is 4.27. The number of nitrogens with zero attached hydrogens (tertiary/aromatic N) is 1. The summed E-state index contributed by atoms with van der Waals surface area (Å²) in [6, 6.07) is 6.56. The van der Waals surface area contributed by atoms with Crippen LogP contribution in [0.1, 0.15) is 36.8 Å². The van der Waals surface area contributed by atoms with Crippen molar-refractivity contribution in [3.63, 3.8) is 0 Å². The highest BCUT2D eigenvalue weighted by atomic mass is 16.5. The minimum absolute atomic E-state index is 0.272. The molecule has 0 bridgehead atoms. The Bertz CT molecular complexity index is 631. The van der Waals surface area contributed by atoms with Crippen molar-refractivity contribution in [1.82, 2.24) is 4.90 Å². The number of carboxylic acid groups (broad SMARTS) is 1. The number of carboxylic acids is 1. The molecule has 1 aromatic carbocycles. The van der Waals surface area contributed by atoms with Gasteiger partial charge in [0.25, 0.3) is 0 Å². The number of hydrogen-bond donors (Lipinski definition) is 1. The van der Waals surface area contributed by atoms with Crippen LogP contribution in [0.5, 0.6) is 5.75 Å². The van der Waals surface area contributed by atoms with Crippen LogP contribution < -0.4 is 4.74 Å². The second-order valence-electron chi connectivity index (χ2n) is 7.66. The normalized spacial score (nSPS) is 23.8. The van der Waals surface area contributed by atoms with Crippen molar-refractivity contribution in [3.05, 3.63) is 29.3 Å². The lowest BCUT2D eigenvalue weighted by molar-refractivity contribution is -0.162. The third-order valence-electron chi connectivity index (χ3n) is 6.35. The van der Waals surface area contributed by atoms with E-state index in [0.717, 1.165) is 51.3 Å². The topological polar surface area (TPSA) is 59.0 Å². The lowest BCUT2D eigenvalue weighted by Crippen LogP contribution is -2.47. The van der Waals surface area contributed by atoms with E-state index in [0.29, 0.717) is 26.1 Å². The maximum absolute atomic E-state index is 12.0. The number of hydrogen-bond acceptors (Lipinski definition) is 4. The van der Waals surface area contributed by atoms with Crippen LogP contribution in [0.3, 0.4) is 0 Å². The monoisotopic (exact) mass is 345 g/mol. The highest BCUT2D eigenvalue weighted by molar-refractivity contribution is 5.75. The van der Waals surface area contributed by atoms with Crippen LogP contribution in [0, 0.1) is 11.3 Å². The molecule has 0 aromatic heterocycles. The van der Waals surface area contributed by atoms with Gasteiger partial charge < -0.3 is 14.6 Å². The number of ether oxygens (including phenoxy) is 2. The van der Waals surface area contributed by atoms with Gasteiger partial charge in [-0.25, -0.2) is 0 Å². The van der Waals surface area contributed by atoms with Gasteiger partial charge in [-0.05, 0) is 61.9 Å². The average Bonchev–Trinajstić information content (AvgIpc) is 3.10. The van der Waals surface area contributed by atoms with E-state index in [2.05, 4.69) is 23.1 Å². The zero-order valence-corrected chi connectivity index (χ0v) is 14.7. The Balaban J connectivity index is 1.37. The minimum atomic E-state index is -0.620. The summed E-state index contributed by atoms with van der Waals surface area (Å²) in [6.45, 7) is 4.83. The van der Waals surface area contributed by atoms with Crippen molar-refractivity contribution in [3.8, 4) is 5.75 Å². The van der Waals surface area contributed by atoms with E-state index in [1.165, 1.54) is 11.1 Å². The zero-order chi connectivity index (χ0) is 17.3. The molecule has 136 valence electrons. The lowest BCUT2D eigenvalue weighted by Gasteiger charge is -2.44. The van der Waals surface area contributed by atoms with Crippen molar-refractivity contribution in [2.45, 2.75) is 38.6 Å². The molecule has 0 aliphatic carbocycles. The van der Waals surface area contributed by atoms with Crippen LogP contribution in [0.4, 0.5) is 0 Å². The first-order valence-electron chi connectivity index (χ1n) is 9.45. The van der Waals surface area contributed by atoms with Crippen molar-refractivity contribution >= 4 is 5.97 Å². The van der Waals surface area contributed by atoms with Crippen LogP contribution in [0.2, 0.25) is 0 Å². The summed E-state index contributed by atoms with van der Waals surface area (Å²) < 4.78 is 11.1. The summed E-state index contributed by atoms with van der Waals surface area (Å²) >= 11 is 0. The van der Waals surface area contributed by atoms with Crippen molar-refractivity contribution in [2.24, 2.45) is 11.3 Å². The first-order valence-corrected chi connectivity index (χ1v) is 9.45. The maximum Gasteiger partial charge on any atom is 0.310 e. The van der Waals surface area contributed by atoms with Crippen LogP contribution in [-0.4, -0.2) is 48.9 Å². The van der Waals surface area contributed by atoms with E-state index < -0.39 is 11.4 Å². The average molecular weight is 345 g/mol. The molecule has 0 spiro atoms. The Morgan fingerprint density at radius 1 is 1.20 bits per heavy atom. The molecule has 0 atom stereocenters. The van der Waals surface area contributed by atoms with E-state index >= 15 is 0 Å². The van der Waals surface area contributed by atoms with Crippen molar-refractivity contribution in [1.29, 1.82) is 0 Å². The molecular weight excluding hydrogens is 318 g/mol. The van der Waals surface area contributed by atoms with E-state index in [1.54, 1.807) is 0 Å². The fourth-order valence-electron chi connectivity index (χ4n) is 4.74. The van der Waals surface area contributed by atoms with Crippen LogP contribution in [-0.2, 0) is 22.5 Å². The standard InChI is InChI=1S/C20H27NO4/c22-19(23)20(6-11-24-12-7-20)17-3-8-21(9-4-17)14-15-1-2-16-5-10-25-18(16)13-15/h1-2,13,17H,3-12,14H2,(H,22,23). The largest absolute Gasteiger partial charge is 0.493 e. The molecular formula is C20H27NO4. The Morgan fingerprint density at radius 3 is 2.68 bits per heavy atom. The Kier molecular flexibility index (Phi) is 4.69. The minimum Gasteiger partial charge on any atom is -0.493 e.